The van der Waals surface area contributed by atoms with Gasteiger partial charge in [-0.1, -0.05) is 6.92 Å². The fourth-order valence-corrected chi connectivity index (χ4v) is 3.05. The third kappa shape index (κ3) is 4.58. The number of rotatable bonds is 4. The quantitative estimate of drug-likeness (QED) is 0.842. The molecule has 2 amide bonds. The lowest BCUT2D eigenvalue weighted by atomic mass is 9.99. The van der Waals surface area contributed by atoms with Gasteiger partial charge in [-0.05, 0) is 62.1 Å². The number of Topliss-reactive ketones (excluding diaryl/α,β-unsaturated/α-hetero) is 1. The summed E-state index contributed by atoms with van der Waals surface area (Å²) >= 11 is 0. The van der Waals surface area contributed by atoms with Gasteiger partial charge in [0.15, 0.2) is 5.78 Å². The first kappa shape index (κ1) is 18.8. The molecule has 1 N–H and O–H groups in total. The minimum absolute atomic E-state index is 0.0303. The van der Waals surface area contributed by atoms with E-state index in [9.17, 15) is 14.4 Å². The molecule has 1 saturated heterocycles. The molecule has 2 heterocycles. The molecule has 1 aromatic carbocycles. The van der Waals surface area contributed by atoms with Gasteiger partial charge in [0, 0.05) is 36.1 Å². The average molecular weight is 365 g/mol. The predicted molar refractivity (Wildman–Crippen MR) is 103 cm³/mol. The Hall–Kier alpha value is -3.02. The van der Waals surface area contributed by atoms with E-state index in [2.05, 4.69) is 17.2 Å². The van der Waals surface area contributed by atoms with Gasteiger partial charge in [-0.15, -0.1) is 0 Å². The average Bonchev–Trinajstić information content (AvgIpc) is 2.68. The zero-order valence-electron chi connectivity index (χ0n) is 15.6. The first-order valence-electron chi connectivity index (χ1n) is 9.11. The normalized spacial score (nSPS) is 14.7. The topological polar surface area (TPSA) is 79.4 Å². The highest BCUT2D eigenvalue weighted by molar-refractivity contribution is 6.06. The smallest absolute Gasteiger partial charge is 0.272 e. The Balaban J connectivity index is 1.69. The summed E-state index contributed by atoms with van der Waals surface area (Å²) in [5, 5.41) is 2.77. The third-order valence-electron chi connectivity index (χ3n) is 4.86. The molecule has 1 fully saturated rings. The molecule has 6 heteroatoms. The lowest BCUT2D eigenvalue weighted by molar-refractivity contribution is 0.0691. The number of aromatic nitrogens is 1. The number of anilines is 1. The fourth-order valence-electron chi connectivity index (χ4n) is 3.05. The number of nitrogens with zero attached hydrogens (tertiary/aromatic N) is 2. The second kappa shape index (κ2) is 8.12. The fraction of sp³-hybridized carbons (Fsp3) is 0.333. The van der Waals surface area contributed by atoms with E-state index < -0.39 is 0 Å². The molecule has 3 rings (SSSR count). The van der Waals surface area contributed by atoms with Crippen LogP contribution in [0, 0.1) is 5.92 Å². The number of amides is 2. The van der Waals surface area contributed by atoms with Crippen molar-refractivity contribution in [2.24, 2.45) is 5.92 Å². The second-order valence-corrected chi connectivity index (χ2v) is 6.99. The molecular weight excluding hydrogens is 342 g/mol. The number of hydrogen-bond acceptors (Lipinski definition) is 4. The lowest BCUT2D eigenvalue weighted by Crippen LogP contribution is -2.38. The summed E-state index contributed by atoms with van der Waals surface area (Å²) in [6.45, 7) is 5.13. The van der Waals surface area contributed by atoms with E-state index in [1.807, 2.05) is 0 Å². The maximum Gasteiger partial charge on any atom is 0.272 e. The molecule has 0 aliphatic carbocycles. The Morgan fingerprint density at radius 2 is 1.70 bits per heavy atom. The van der Waals surface area contributed by atoms with E-state index in [0.29, 0.717) is 22.7 Å². The first-order chi connectivity index (χ1) is 12.9. The van der Waals surface area contributed by atoms with E-state index in [4.69, 9.17) is 0 Å². The maximum absolute atomic E-state index is 12.6. The molecule has 2 aromatic rings. The number of hydrogen-bond donors (Lipinski definition) is 1. The van der Waals surface area contributed by atoms with Crippen LogP contribution in [0.3, 0.4) is 0 Å². The van der Waals surface area contributed by atoms with Gasteiger partial charge >= 0.3 is 0 Å². The predicted octanol–water partition coefficient (Wildman–Crippen LogP) is 3.41. The minimum atomic E-state index is -0.325. The van der Waals surface area contributed by atoms with Gasteiger partial charge in [-0.2, -0.15) is 0 Å². The van der Waals surface area contributed by atoms with E-state index >= 15 is 0 Å². The van der Waals surface area contributed by atoms with Gasteiger partial charge in [0.25, 0.3) is 11.8 Å². The van der Waals surface area contributed by atoms with Crippen molar-refractivity contribution in [1.29, 1.82) is 0 Å². The molecule has 0 radical (unpaired) electrons. The van der Waals surface area contributed by atoms with Gasteiger partial charge in [0.1, 0.15) is 5.69 Å². The molecule has 1 aliphatic rings. The van der Waals surface area contributed by atoms with Crippen molar-refractivity contribution in [3.8, 4) is 0 Å². The van der Waals surface area contributed by atoms with Crippen LogP contribution in [-0.2, 0) is 0 Å². The van der Waals surface area contributed by atoms with Gasteiger partial charge < -0.3 is 10.2 Å². The number of carbonyl (C=O) groups excluding carboxylic acids is 3. The molecule has 0 bridgehead atoms. The van der Waals surface area contributed by atoms with Crippen LogP contribution in [0.1, 0.15) is 57.9 Å². The highest BCUT2D eigenvalue weighted by Gasteiger charge is 2.23. The zero-order valence-corrected chi connectivity index (χ0v) is 15.6. The number of ketones is 1. The van der Waals surface area contributed by atoms with Crippen LogP contribution < -0.4 is 5.32 Å². The van der Waals surface area contributed by atoms with Crippen molar-refractivity contribution in [2.45, 2.75) is 26.7 Å². The number of carbonyl (C=O) groups is 3. The van der Waals surface area contributed by atoms with Crippen molar-refractivity contribution in [3.05, 3.63) is 59.4 Å². The van der Waals surface area contributed by atoms with E-state index in [1.54, 1.807) is 35.2 Å². The third-order valence-corrected chi connectivity index (χ3v) is 4.86. The standard InChI is InChI=1S/C21H23N3O3/c1-14-8-11-24(12-9-14)21(27)19-13-17(7-10-22-19)20(26)23-18-5-3-16(4-6-18)15(2)25/h3-7,10,13-14H,8-9,11-12H2,1-2H3,(H,23,26). The number of nitrogens with one attached hydrogen (secondary N) is 1. The van der Waals surface area contributed by atoms with Gasteiger partial charge in [0.05, 0.1) is 0 Å². The highest BCUT2D eigenvalue weighted by atomic mass is 16.2. The molecular formula is C21H23N3O3. The van der Waals surface area contributed by atoms with Gasteiger partial charge in [-0.3, -0.25) is 19.4 Å². The van der Waals surface area contributed by atoms with Crippen molar-refractivity contribution in [3.63, 3.8) is 0 Å². The number of likely N-dealkylation sites (tertiary alicyclic amines) is 1. The van der Waals surface area contributed by atoms with Crippen molar-refractivity contribution < 1.29 is 14.4 Å². The Kier molecular flexibility index (Phi) is 5.64. The summed E-state index contributed by atoms with van der Waals surface area (Å²) in [6.07, 6.45) is 3.46. The summed E-state index contributed by atoms with van der Waals surface area (Å²) in [5.41, 5.74) is 1.82. The number of piperidine rings is 1. The zero-order chi connectivity index (χ0) is 19.4. The van der Waals surface area contributed by atoms with Crippen LogP contribution in [0.15, 0.2) is 42.6 Å². The summed E-state index contributed by atoms with van der Waals surface area (Å²) in [4.78, 5) is 42.4. The molecule has 1 aliphatic heterocycles. The summed E-state index contributed by atoms with van der Waals surface area (Å²) < 4.78 is 0. The van der Waals surface area contributed by atoms with Crippen LogP contribution in [-0.4, -0.2) is 40.6 Å². The van der Waals surface area contributed by atoms with Gasteiger partial charge in [0.2, 0.25) is 0 Å². The summed E-state index contributed by atoms with van der Waals surface area (Å²) in [7, 11) is 0. The largest absolute Gasteiger partial charge is 0.337 e. The number of benzene rings is 1. The van der Waals surface area contributed by atoms with E-state index in [0.717, 1.165) is 25.9 Å². The summed E-state index contributed by atoms with van der Waals surface area (Å²) in [6, 6.07) is 9.79. The van der Waals surface area contributed by atoms with Crippen molar-refractivity contribution in [2.75, 3.05) is 18.4 Å². The number of pyridine rings is 1. The van der Waals surface area contributed by atoms with Crippen LogP contribution >= 0.6 is 0 Å². The maximum atomic E-state index is 12.6. The van der Waals surface area contributed by atoms with Crippen LogP contribution in [0.25, 0.3) is 0 Å². The molecule has 27 heavy (non-hydrogen) atoms. The Bertz CT molecular complexity index is 853. The molecule has 140 valence electrons. The Morgan fingerprint density at radius 3 is 2.33 bits per heavy atom. The second-order valence-electron chi connectivity index (χ2n) is 6.99. The minimum Gasteiger partial charge on any atom is -0.337 e. The van der Waals surface area contributed by atoms with Crippen molar-refractivity contribution >= 4 is 23.3 Å². The monoisotopic (exact) mass is 365 g/mol. The molecule has 0 spiro atoms. The molecule has 1 aromatic heterocycles. The van der Waals surface area contributed by atoms with Crippen LogP contribution in [0.2, 0.25) is 0 Å². The first-order valence-corrected chi connectivity index (χ1v) is 9.11. The van der Waals surface area contributed by atoms with Gasteiger partial charge in [-0.25, -0.2) is 0 Å². The summed E-state index contributed by atoms with van der Waals surface area (Å²) in [5.74, 6) is 0.141. The SMILES string of the molecule is CC(=O)c1ccc(NC(=O)c2ccnc(C(=O)N3CCC(C)CC3)c2)cc1. The highest BCUT2D eigenvalue weighted by Crippen LogP contribution is 2.18. The van der Waals surface area contributed by atoms with E-state index in [-0.39, 0.29) is 23.3 Å². The Morgan fingerprint density at radius 1 is 1.04 bits per heavy atom. The molecule has 0 atom stereocenters. The van der Waals surface area contributed by atoms with Crippen LogP contribution in [0.5, 0.6) is 0 Å². The Labute approximate surface area is 158 Å². The molecule has 0 unspecified atom stereocenters. The molecule has 0 saturated carbocycles. The molecule has 6 nitrogen and oxygen atoms in total. The van der Waals surface area contributed by atoms with Crippen molar-refractivity contribution in [1.82, 2.24) is 9.88 Å². The van der Waals surface area contributed by atoms with Crippen LogP contribution in [0.4, 0.5) is 5.69 Å². The van der Waals surface area contributed by atoms with E-state index in [1.165, 1.54) is 19.2 Å². The lowest BCUT2D eigenvalue weighted by Gasteiger charge is -2.30.